The molecular weight excluding hydrogens is 478 g/mol. The first-order valence-corrected chi connectivity index (χ1v) is 10.1. The summed E-state index contributed by atoms with van der Waals surface area (Å²) < 4.78 is 75.3. The molecule has 1 aromatic heterocycles. The van der Waals surface area contributed by atoms with Gasteiger partial charge in [0, 0.05) is 19.1 Å². The number of likely N-dealkylation sites (tertiary alicyclic amines) is 1. The first kappa shape index (κ1) is 29.7. The predicted molar refractivity (Wildman–Crippen MR) is 106 cm³/mol. The Balaban J connectivity index is 0.000000343. The minimum Gasteiger partial charge on any atom is -0.475 e. The highest BCUT2D eigenvalue weighted by atomic mass is 19.4. The van der Waals surface area contributed by atoms with E-state index in [-0.39, 0.29) is 5.60 Å². The largest absolute Gasteiger partial charge is 0.490 e. The van der Waals surface area contributed by atoms with Crippen LogP contribution in [-0.4, -0.2) is 89.7 Å². The summed E-state index contributed by atoms with van der Waals surface area (Å²) in [6.07, 6.45) is -6.68. The molecule has 1 atom stereocenters. The van der Waals surface area contributed by atoms with Crippen LogP contribution in [0.15, 0.2) is 16.5 Å². The maximum atomic E-state index is 10.6. The zero-order valence-corrected chi connectivity index (χ0v) is 18.9. The van der Waals surface area contributed by atoms with Crippen molar-refractivity contribution in [2.45, 2.75) is 56.7 Å². The fourth-order valence-corrected chi connectivity index (χ4v) is 3.41. The van der Waals surface area contributed by atoms with Gasteiger partial charge in [0.1, 0.15) is 11.5 Å². The van der Waals surface area contributed by atoms with Crippen LogP contribution in [0.3, 0.4) is 0 Å². The van der Waals surface area contributed by atoms with Gasteiger partial charge in [0.15, 0.2) is 0 Å². The molecule has 3 rings (SSSR count). The Hall–Kier alpha value is -2.32. The van der Waals surface area contributed by atoms with E-state index in [1.165, 1.54) is 6.42 Å². The van der Waals surface area contributed by atoms with Gasteiger partial charge in [-0.25, -0.2) is 9.59 Å². The van der Waals surface area contributed by atoms with Crippen molar-refractivity contribution < 1.29 is 55.3 Å². The molecule has 2 N–H and O–H groups in total. The zero-order valence-electron chi connectivity index (χ0n) is 18.9. The molecule has 0 aromatic carbocycles. The first-order chi connectivity index (χ1) is 15.4. The molecule has 0 radical (unpaired) electrons. The Bertz CT molecular complexity index is 776. The summed E-state index contributed by atoms with van der Waals surface area (Å²) >= 11 is 0. The number of rotatable bonds is 3. The van der Waals surface area contributed by atoms with Crippen LogP contribution in [0.2, 0.25) is 0 Å². The lowest BCUT2D eigenvalue weighted by Crippen LogP contribution is -2.44. The fraction of sp³-hybridized carbons (Fsp3) is 0.700. The topological polar surface area (TPSA) is 103 Å². The highest BCUT2D eigenvalue weighted by Crippen LogP contribution is 2.37. The molecule has 196 valence electrons. The molecule has 3 heterocycles. The third kappa shape index (κ3) is 9.89. The van der Waals surface area contributed by atoms with Gasteiger partial charge in [-0.3, -0.25) is 4.90 Å². The van der Waals surface area contributed by atoms with Crippen molar-refractivity contribution in [3.05, 3.63) is 23.7 Å². The molecule has 1 aromatic rings. The standard InChI is InChI=1S/C16H26N2O2.2C2HF3O2/c1-13-4-5-15(20-13)11-18-8-6-16(7-9-18)10-14(12-19-16)17(2)3;2*3-2(4,5)1(6)7/h4-5,14H,6-12H2,1-3H3;2*(H,6,7). The number of aryl methyl sites for hydroxylation is 1. The van der Waals surface area contributed by atoms with E-state index in [4.69, 9.17) is 29.0 Å². The van der Waals surface area contributed by atoms with Crippen LogP contribution in [0, 0.1) is 6.92 Å². The normalized spacial score (nSPS) is 20.4. The van der Waals surface area contributed by atoms with Gasteiger partial charge in [-0.2, -0.15) is 26.3 Å². The van der Waals surface area contributed by atoms with Gasteiger partial charge in [0.25, 0.3) is 0 Å². The van der Waals surface area contributed by atoms with Crippen LogP contribution in [0.5, 0.6) is 0 Å². The monoisotopic (exact) mass is 506 g/mol. The van der Waals surface area contributed by atoms with Crippen LogP contribution in [-0.2, 0) is 20.9 Å². The molecule has 34 heavy (non-hydrogen) atoms. The first-order valence-electron chi connectivity index (χ1n) is 10.1. The van der Waals surface area contributed by atoms with Crippen molar-refractivity contribution in [3.63, 3.8) is 0 Å². The Kier molecular flexibility index (Phi) is 10.4. The second-order valence-electron chi connectivity index (χ2n) is 8.21. The Labute approximate surface area is 192 Å². The van der Waals surface area contributed by atoms with Gasteiger partial charge in [-0.05, 0) is 52.4 Å². The average Bonchev–Trinajstić information content (AvgIpc) is 3.30. The SMILES string of the molecule is Cc1ccc(CN2CCC3(CC2)CC(N(C)C)CO3)o1.O=C(O)C(F)(F)F.O=C(O)C(F)(F)F. The van der Waals surface area contributed by atoms with Crippen molar-refractivity contribution in [2.75, 3.05) is 33.8 Å². The van der Waals surface area contributed by atoms with Gasteiger partial charge in [-0.15, -0.1) is 0 Å². The zero-order chi connectivity index (χ0) is 26.3. The molecule has 8 nitrogen and oxygen atoms in total. The van der Waals surface area contributed by atoms with E-state index in [0.29, 0.717) is 6.04 Å². The molecule has 2 aliphatic heterocycles. The minimum atomic E-state index is -5.08. The summed E-state index contributed by atoms with van der Waals surface area (Å²) in [6, 6.07) is 4.73. The summed E-state index contributed by atoms with van der Waals surface area (Å²) in [4.78, 5) is 22.6. The van der Waals surface area contributed by atoms with Gasteiger partial charge in [-0.1, -0.05) is 0 Å². The number of hydrogen-bond acceptors (Lipinski definition) is 6. The number of carbonyl (C=O) groups is 2. The highest BCUT2D eigenvalue weighted by Gasteiger charge is 2.43. The second kappa shape index (κ2) is 11.9. The Morgan fingerprint density at radius 2 is 1.53 bits per heavy atom. The van der Waals surface area contributed by atoms with Crippen LogP contribution >= 0.6 is 0 Å². The number of ether oxygens (including phenoxy) is 1. The Morgan fingerprint density at radius 1 is 1.06 bits per heavy atom. The van der Waals surface area contributed by atoms with Crippen LogP contribution in [0.4, 0.5) is 26.3 Å². The van der Waals surface area contributed by atoms with Crippen LogP contribution in [0.25, 0.3) is 0 Å². The molecule has 0 aliphatic carbocycles. The van der Waals surface area contributed by atoms with E-state index >= 15 is 0 Å². The van der Waals surface area contributed by atoms with Crippen molar-refractivity contribution >= 4 is 11.9 Å². The number of furan rings is 1. The van der Waals surface area contributed by atoms with E-state index in [2.05, 4.69) is 30.0 Å². The number of carboxylic acid groups (broad SMARTS) is 2. The number of aliphatic carboxylic acids is 2. The molecule has 0 amide bonds. The van der Waals surface area contributed by atoms with Crippen molar-refractivity contribution in [1.82, 2.24) is 9.80 Å². The number of halogens is 6. The van der Waals surface area contributed by atoms with E-state index in [1.807, 2.05) is 13.0 Å². The van der Waals surface area contributed by atoms with E-state index in [1.54, 1.807) is 0 Å². The quantitative estimate of drug-likeness (QED) is 0.601. The Morgan fingerprint density at radius 3 is 1.85 bits per heavy atom. The van der Waals surface area contributed by atoms with Crippen molar-refractivity contribution in [3.8, 4) is 0 Å². The van der Waals surface area contributed by atoms with Gasteiger partial charge >= 0.3 is 24.3 Å². The summed E-state index contributed by atoms with van der Waals surface area (Å²) in [5, 5.41) is 14.2. The smallest absolute Gasteiger partial charge is 0.475 e. The molecule has 2 fully saturated rings. The average molecular weight is 506 g/mol. The summed E-state index contributed by atoms with van der Waals surface area (Å²) in [5.74, 6) is -3.43. The number of hydrogen-bond donors (Lipinski definition) is 2. The third-order valence-corrected chi connectivity index (χ3v) is 5.35. The van der Waals surface area contributed by atoms with Gasteiger partial charge in [0.2, 0.25) is 0 Å². The van der Waals surface area contributed by atoms with E-state index < -0.39 is 24.3 Å². The maximum Gasteiger partial charge on any atom is 0.490 e. The van der Waals surface area contributed by atoms with Crippen molar-refractivity contribution in [2.24, 2.45) is 0 Å². The van der Waals surface area contributed by atoms with Gasteiger partial charge < -0.3 is 24.3 Å². The second-order valence-corrected chi connectivity index (χ2v) is 8.21. The van der Waals surface area contributed by atoms with E-state index in [0.717, 1.165) is 50.6 Å². The summed E-state index contributed by atoms with van der Waals surface area (Å²) in [5.41, 5.74) is 0.143. The minimum absolute atomic E-state index is 0.143. The third-order valence-electron chi connectivity index (χ3n) is 5.35. The molecule has 1 spiro atoms. The maximum absolute atomic E-state index is 10.6. The summed E-state index contributed by atoms with van der Waals surface area (Å²) in [7, 11) is 4.31. The summed E-state index contributed by atoms with van der Waals surface area (Å²) in [6.45, 7) is 6.05. The fourth-order valence-electron chi connectivity index (χ4n) is 3.41. The lowest BCUT2D eigenvalue weighted by molar-refractivity contribution is -0.193. The lowest BCUT2D eigenvalue weighted by Gasteiger charge is -2.38. The molecule has 14 heteroatoms. The number of piperidine rings is 1. The number of alkyl halides is 6. The molecule has 0 bridgehead atoms. The molecular formula is C20H28F6N2O6. The molecule has 2 aliphatic rings. The lowest BCUT2D eigenvalue weighted by atomic mass is 9.87. The number of likely N-dealkylation sites (N-methyl/N-ethyl adjacent to an activating group) is 1. The predicted octanol–water partition coefficient (Wildman–Crippen LogP) is 3.54. The van der Waals surface area contributed by atoms with Crippen LogP contribution < -0.4 is 0 Å². The molecule has 1 unspecified atom stereocenters. The number of carboxylic acids is 2. The highest BCUT2D eigenvalue weighted by molar-refractivity contribution is 5.73. The van der Waals surface area contributed by atoms with Crippen LogP contribution in [0.1, 0.15) is 30.8 Å². The molecule has 2 saturated heterocycles. The molecule has 0 saturated carbocycles. The van der Waals surface area contributed by atoms with Crippen molar-refractivity contribution in [1.29, 1.82) is 0 Å². The number of nitrogens with zero attached hydrogens (tertiary/aromatic N) is 2. The van der Waals surface area contributed by atoms with Gasteiger partial charge in [0.05, 0.1) is 18.8 Å². The van der Waals surface area contributed by atoms with E-state index in [9.17, 15) is 26.3 Å².